The quantitative estimate of drug-likeness (QED) is 0.517. The molecule has 0 atom stereocenters. The number of ether oxygens (including phenoxy) is 1. The molecule has 1 amide bonds. The van der Waals surface area contributed by atoms with Gasteiger partial charge in [0, 0.05) is 0 Å². The first-order valence-electron chi connectivity index (χ1n) is 5.64. The van der Waals surface area contributed by atoms with Crippen molar-refractivity contribution >= 4 is 17.6 Å². The third kappa shape index (κ3) is 3.50. The van der Waals surface area contributed by atoms with Crippen molar-refractivity contribution < 1.29 is 28.0 Å². The van der Waals surface area contributed by atoms with E-state index in [0.717, 1.165) is 7.11 Å². The maximum Gasteiger partial charge on any atom is 0.330 e. The first-order valence-corrected chi connectivity index (χ1v) is 5.64. The van der Waals surface area contributed by atoms with Gasteiger partial charge in [-0.25, -0.2) is 9.18 Å². The molecule has 0 spiro atoms. The van der Waals surface area contributed by atoms with Crippen molar-refractivity contribution in [3.63, 3.8) is 0 Å². The molecule has 0 aliphatic heterocycles. The Morgan fingerprint density at radius 1 is 1.29 bits per heavy atom. The van der Waals surface area contributed by atoms with Crippen molar-refractivity contribution in [3.05, 3.63) is 39.4 Å². The van der Waals surface area contributed by atoms with Crippen LogP contribution in [0.1, 0.15) is 24.2 Å². The largest absolute Gasteiger partial charge is 0.467 e. The number of nitrogens with zero attached hydrogens (tertiary/aromatic N) is 1. The van der Waals surface area contributed by atoms with E-state index in [9.17, 15) is 28.5 Å². The zero-order valence-electron chi connectivity index (χ0n) is 11.4. The molecule has 0 heterocycles. The number of amides is 1. The zero-order chi connectivity index (χ0) is 16.4. The third-order valence-electron chi connectivity index (χ3n) is 2.60. The molecule has 1 rings (SSSR count). The Morgan fingerprint density at radius 3 is 2.33 bits per heavy atom. The van der Waals surface area contributed by atoms with E-state index < -0.39 is 45.2 Å². The van der Waals surface area contributed by atoms with Crippen LogP contribution in [0.2, 0.25) is 0 Å². The molecule has 0 saturated heterocycles. The van der Waals surface area contributed by atoms with Gasteiger partial charge in [-0.15, -0.1) is 0 Å². The number of rotatable bonds is 4. The average molecular weight is 302 g/mol. The number of esters is 1. The SMILES string of the molecule is COC(=O)C(C)(C)NC(=O)c1cc(F)c([N+](=O)[O-])cc1F. The summed E-state index contributed by atoms with van der Waals surface area (Å²) in [7, 11) is 1.10. The molecule has 0 radical (unpaired) electrons. The minimum Gasteiger partial charge on any atom is -0.467 e. The Morgan fingerprint density at radius 2 is 1.86 bits per heavy atom. The van der Waals surface area contributed by atoms with Crippen LogP contribution in [0, 0.1) is 21.7 Å². The van der Waals surface area contributed by atoms with E-state index in [1.807, 2.05) is 0 Å². The highest BCUT2D eigenvalue weighted by atomic mass is 19.1. The molecule has 21 heavy (non-hydrogen) atoms. The summed E-state index contributed by atoms with van der Waals surface area (Å²) in [6, 6.07) is 0.700. The molecule has 0 aliphatic carbocycles. The Bertz CT molecular complexity index is 616. The summed E-state index contributed by atoms with van der Waals surface area (Å²) in [5.41, 5.74) is -3.32. The fourth-order valence-electron chi connectivity index (χ4n) is 1.51. The highest BCUT2D eigenvalue weighted by molar-refractivity contribution is 5.98. The van der Waals surface area contributed by atoms with Crippen molar-refractivity contribution in [2.75, 3.05) is 7.11 Å². The number of nitro groups is 1. The minimum absolute atomic E-state index is 0.301. The maximum atomic E-state index is 13.7. The van der Waals surface area contributed by atoms with Gasteiger partial charge in [-0.1, -0.05) is 0 Å². The minimum atomic E-state index is -1.48. The van der Waals surface area contributed by atoms with Crippen LogP contribution in [0.5, 0.6) is 0 Å². The average Bonchev–Trinajstić information content (AvgIpc) is 2.38. The van der Waals surface area contributed by atoms with Gasteiger partial charge in [-0.2, -0.15) is 4.39 Å². The van der Waals surface area contributed by atoms with Crippen LogP contribution in [-0.2, 0) is 9.53 Å². The summed E-state index contributed by atoms with van der Waals surface area (Å²) in [6.07, 6.45) is 0. The molecule has 7 nitrogen and oxygen atoms in total. The van der Waals surface area contributed by atoms with Crippen LogP contribution < -0.4 is 5.32 Å². The highest BCUT2D eigenvalue weighted by Gasteiger charge is 2.32. The number of benzene rings is 1. The summed E-state index contributed by atoms with van der Waals surface area (Å²) in [4.78, 5) is 32.6. The summed E-state index contributed by atoms with van der Waals surface area (Å²) in [5, 5.41) is 12.6. The predicted octanol–water partition coefficient (Wildman–Crippen LogP) is 1.55. The van der Waals surface area contributed by atoms with Gasteiger partial charge in [0.25, 0.3) is 5.91 Å². The van der Waals surface area contributed by atoms with Crippen molar-refractivity contribution in [3.8, 4) is 0 Å². The van der Waals surface area contributed by atoms with E-state index in [4.69, 9.17) is 0 Å². The first-order chi connectivity index (χ1) is 9.60. The lowest BCUT2D eigenvalue weighted by Crippen LogP contribution is -2.50. The third-order valence-corrected chi connectivity index (χ3v) is 2.60. The molecule has 0 fully saturated rings. The molecule has 1 aromatic carbocycles. The van der Waals surface area contributed by atoms with Gasteiger partial charge < -0.3 is 10.1 Å². The second-order valence-corrected chi connectivity index (χ2v) is 4.61. The molecule has 0 saturated carbocycles. The van der Waals surface area contributed by atoms with Gasteiger partial charge in [0.2, 0.25) is 5.82 Å². The number of halogens is 2. The van der Waals surface area contributed by atoms with Gasteiger partial charge in [0.1, 0.15) is 11.4 Å². The summed E-state index contributed by atoms with van der Waals surface area (Å²) < 4.78 is 31.5. The predicted molar refractivity (Wildman–Crippen MR) is 66.6 cm³/mol. The second kappa shape index (κ2) is 5.81. The molecule has 1 N–H and O–H groups in total. The Labute approximate surface area is 118 Å². The van der Waals surface area contributed by atoms with E-state index in [1.165, 1.54) is 13.8 Å². The smallest absolute Gasteiger partial charge is 0.330 e. The first kappa shape index (κ1) is 16.5. The topological polar surface area (TPSA) is 98.5 Å². The van der Waals surface area contributed by atoms with Crippen LogP contribution >= 0.6 is 0 Å². The fraction of sp³-hybridized carbons (Fsp3) is 0.333. The Balaban J connectivity index is 3.12. The van der Waals surface area contributed by atoms with Crippen molar-refractivity contribution in [1.29, 1.82) is 0 Å². The van der Waals surface area contributed by atoms with Crippen molar-refractivity contribution in [1.82, 2.24) is 5.32 Å². The number of hydrogen-bond acceptors (Lipinski definition) is 5. The second-order valence-electron chi connectivity index (χ2n) is 4.61. The van der Waals surface area contributed by atoms with E-state index >= 15 is 0 Å². The number of nitro benzene ring substituents is 1. The van der Waals surface area contributed by atoms with E-state index in [0.29, 0.717) is 12.1 Å². The number of carbonyl (C=O) groups excluding carboxylic acids is 2. The van der Waals surface area contributed by atoms with Gasteiger partial charge >= 0.3 is 11.7 Å². The van der Waals surface area contributed by atoms with Crippen LogP contribution in [0.15, 0.2) is 12.1 Å². The van der Waals surface area contributed by atoms with Gasteiger partial charge in [0.15, 0.2) is 0 Å². The van der Waals surface area contributed by atoms with Crippen LogP contribution in [-0.4, -0.2) is 29.4 Å². The lowest BCUT2D eigenvalue weighted by Gasteiger charge is -2.23. The van der Waals surface area contributed by atoms with Crippen molar-refractivity contribution in [2.24, 2.45) is 0 Å². The van der Waals surface area contributed by atoms with Gasteiger partial charge in [-0.05, 0) is 19.9 Å². The molecule has 9 heteroatoms. The van der Waals surface area contributed by atoms with Crippen LogP contribution in [0.4, 0.5) is 14.5 Å². The monoisotopic (exact) mass is 302 g/mol. The zero-order valence-corrected chi connectivity index (χ0v) is 11.4. The number of carbonyl (C=O) groups is 2. The lowest BCUT2D eigenvalue weighted by molar-refractivity contribution is -0.387. The number of hydrogen-bond donors (Lipinski definition) is 1. The molecule has 1 aromatic rings. The number of methoxy groups -OCH3 is 1. The van der Waals surface area contributed by atoms with Crippen molar-refractivity contribution in [2.45, 2.75) is 19.4 Å². The molecule has 114 valence electrons. The molecular weight excluding hydrogens is 290 g/mol. The van der Waals surface area contributed by atoms with Crippen LogP contribution in [0.25, 0.3) is 0 Å². The van der Waals surface area contributed by atoms with Gasteiger partial charge in [0.05, 0.1) is 23.7 Å². The molecule has 0 aromatic heterocycles. The summed E-state index contributed by atoms with van der Waals surface area (Å²) in [6.45, 7) is 2.60. The Kier molecular flexibility index (Phi) is 4.56. The van der Waals surface area contributed by atoms with E-state index in [1.54, 1.807) is 0 Å². The number of nitrogens with one attached hydrogen (secondary N) is 1. The standard InChI is InChI=1S/C12H12F2N2O5/c1-12(2,11(18)21-3)15-10(17)6-4-8(14)9(16(19)20)5-7(6)13/h4-5H,1-3H3,(H,15,17). The molecule has 0 aliphatic rings. The molecule has 0 bridgehead atoms. The summed E-state index contributed by atoms with van der Waals surface area (Å²) >= 11 is 0. The highest BCUT2D eigenvalue weighted by Crippen LogP contribution is 2.22. The summed E-state index contributed by atoms with van der Waals surface area (Å²) in [5.74, 6) is -4.53. The Hall–Kier alpha value is -2.58. The maximum absolute atomic E-state index is 13.7. The van der Waals surface area contributed by atoms with E-state index in [2.05, 4.69) is 10.1 Å². The normalized spacial score (nSPS) is 10.9. The molecule has 0 unspecified atom stereocenters. The molecular formula is C12H12F2N2O5. The van der Waals surface area contributed by atoms with E-state index in [-0.39, 0.29) is 0 Å². The lowest BCUT2D eigenvalue weighted by atomic mass is 10.0. The van der Waals surface area contributed by atoms with Gasteiger partial charge in [-0.3, -0.25) is 14.9 Å². The van der Waals surface area contributed by atoms with Crippen LogP contribution in [0.3, 0.4) is 0 Å². The fourth-order valence-corrected chi connectivity index (χ4v) is 1.51.